The number of anilines is 2. The second-order valence-electron chi connectivity index (χ2n) is 4.29. The number of alkyl halides is 3. The molecule has 2 unspecified atom stereocenters. The fourth-order valence-corrected chi connectivity index (χ4v) is 1.61. The molecule has 7 heteroatoms. The first-order valence-electron chi connectivity index (χ1n) is 5.48. The van der Waals surface area contributed by atoms with Crippen LogP contribution >= 0.6 is 0 Å². The monoisotopic (exact) mass is 263 g/mol. The van der Waals surface area contributed by atoms with Crippen molar-refractivity contribution in [3.05, 3.63) is 17.7 Å². The van der Waals surface area contributed by atoms with Gasteiger partial charge < -0.3 is 16.2 Å². The van der Waals surface area contributed by atoms with Gasteiger partial charge >= 0.3 is 6.18 Å². The fourth-order valence-electron chi connectivity index (χ4n) is 1.61. The van der Waals surface area contributed by atoms with Crippen molar-refractivity contribution in [1.82, 2.24) is 4.98 Å². The minimum Gasteiger partial charge on any atom is -0.393 e. The minimum absolute atomic E-state index is 0.0514. The molecule has 1 aromatic rings. The topological polar surface area (TPSA) is 71.2 Å². The molecule has 1 aromatic heterocycles. The Labute approximate surface area is 103 Å². The lowest BCUT2D eigenvalue weighted by molar-refractivity contribution is -0.137. The molecule has 1 rings (SSSR count). The number of nitrogens with zero attached hydrogens (tertiary/aromatic N) is 1. The molecule has 0 spiro atoms. The maximum Gasteiger partial charge on any atom is 0.416 e. The number of hydrogen-bond acceptors (Lipinski definition) is 4. The quantitative estimate of drug-likeness (QED) is 0.779. The molecule has 1 heterocycles. The smallest absolute Gasteiger partial charge is 0.393 e. The van der Waals surface area contributed by atoms with E-state index >= 15 is 0 Å². The van der Waals surface area contributed by atoms with Gasteiger partial charge in [0.25, 0.3) is 0 Å². The van der Waals surface area contributed by atoms with Crippen molar-refractivity contribution < 1.29 is 18.3 Å². The van der Waals surface area contributed by atoms with Crippen LogP contribution in [0, 0.1) is 0 Å². The van der Waals surface area contributed by atoms with Crippen LogP contribution in [0.4, 0.5) is 24.8 Å². The first-order valence-corrected chi connectivity index (χ1v) is 5.48. The standard InChI is InChI=1S/C11H16F3N3O/c1-6(3-7(2)18)16-10-5-8(11(12,13)14)4-9(15)17-10/h4-7,18H,3H2,1-2H3,(H3,15,16,17). The highest BCUT2D eigenvalue weighted by Gasteiger charge is 2.31. The van der Waals surface area contributed by atoms with E-state index in [9.17, 15) is 18.3 Å². The van der Waals surface area contributed by atoms with Gasteiger partial charge in [-0.15, -0.1) is 0 Å². The number of aliphatic hydroxyl groups excluding tert-OH is 1. The number of rotatable bonds is 4. The van der Waals surface area contributed by atoms with Crippen LogP contribution in [-0.2, 0) is 6.18 Å². The van der Waals surface area contributed by atoms with Gasteiger partial charge in [0.05, 0.1) is 11.7 Å². The van der Waals surface area contributed by atoms with Crippen LogP contribution in [0.1, 0.15) is 25.8 Å². The first-order chi connectivity index (χ1) is 8.18. The molecule has 0 saturated heterocycles. The number of halogens is 3. The Morgan fingerprint density at radius 3 is 2.50 bits per heavy atom. The van der Waals surface area contributed by atoms with E-state index in [1.165, 1.54) is 0 Å². The van der Waals surface area contributed by atoms with Gasteiger partial charge in [-0.05, 0) is 32.4 Å². The molecule has 0 fully saturated rings. The van der Waals surface area contributed by atoms with Crippen molar-refractivity contribution >= 4 is 11.6 Å². The zero-order valence-corrected chi connectivity index (χ0v) is 10.1. The molecule has 2 atom stereocenters. The lowest BCUT2D eigenvalue weighted by Crippen LogP contribution is -2.22. The molecular weight excluding hydrogens is 247 g/mol. The van der Waals surface area contributed by atoms with Gasteiger partial charge in [0.1, 0.15) is 11.6 Å². The van der Waals surface area contributed by atoms with E-state index in [4.69, 9.17) is 5.73 Å². The third kappa shape index (κ3) is 4.40. The Kier molecular flexibility index (Phi) is 4.39. The molecule has 0 saturated carbocycles. The number of aromatic nitrogens is 1. The molecular formula is C11H16F3N3O. The summed E-state index contributed by atoms with van der Waals surface area (Å²) in [4.78, 5) is 3.78. The number of hydrogen-bond donors (Lipinski definition) is 3. The van der Waals surface area contributed by atoms with Crippen LogP contribution in [0.15, 0.2) is 12.1 Å². The SMILES string of the molecule is CC(O)CC(C)Nc1cc(C(F)(F)F)cc(N)n1. The van der Waals surface area contributed by atoms with Crippen LogP contribution in [0.5, 0.6) is 0 Å². The van der Waals surface area contributed by atoms with E-state index in [0.717, 1.165) is 12.1 Å². The van der Waals surface area contributed by atoms with E-state index in [0.29, 0.717) is 6.42 Å². The number of nitrogens with two attached hydrogens (primary N) is 1. The van der Waals surface area contributed by atoms with Crippen LogP contribution < -0.4 is 11.1 Å². The molecule has 0 aliphatic carbocycles. The molecule has 0 aliphatic heterocycles. The van der Waals surface area contributed by atoms with Crippen molar-refractivity contribution in [3.63, 3.8) is 0 Å². The van der Waals surface area contributed by atoms with Gasteiger partial charge in [-0.1, -0.05) is 0 Å². The summed E-state index contributed by atoms with van der Waals surface area (Å²) in [6.07, 6.45) is -4.60. The van der Waals surface area contributed by atoms with Crippen molar-refractivity contribution in [2.24, 2.45) is 0 Å². The van der Waals surface area contributed by atoms with Crippen molar-refractivity contribution in [2.75, 3.05) is 11.1 Å². The van der Waals surface area contributed by atoms with Crippen LogP contribution in [0.2, 0.25) is 0 Å². The zero-order chi connectivity index (χ0) is 13.9. The van der Waals surface area contributed by atoms with E-state index < -0.39 is 17.8 Å². The summed E-state index contributed by atoms with van der Waals surface area (Å²) in [5.41, 5.74) is 4.49. The highest BCUT2D eigenvalue weighted by atomic mass is 19.4. The number of aliphatic hydroxyl groups is 1. The molecule has 0 bridgehead atoms. The van der Waals surface area contributed by atoms with Gasteiger partial charge in [-0.3, -0.25) is 0 Å². The zero-order valence-electron chi connectivity index (χ0n) is 10.1. The van der Waals surface area contributed by atoms with E-state index in [2.05, 4.69) is 10.3 Å². The number of pyridine rings is 1. The third-order valence-electron chi connectivity index (χ3n) is 2.26. The molecule has 0 amide bonds. The largest absolute Gasteiger partial charge is 0.416 e. The summed E-state index contributed by atoms with van der Waals surface area (Å²) in [5, 5.41) is 11.9. The van der Waals surface area contributed by atoms with Crippen LogP contribution in [0.3, 0.4) is 0 Å². The molecule has 0 aromatic carbocycles. The Hall–Kier alpha value is -1.50. The highest BCUT2D eigenvalue weighted by Crippen LogP contribution is 2.31. The van der Waals surface area contributed by atoms with E-state index in [-0.39, 0.29) is 17.7 Å². The van der Waals surface area contributed by atoms with E-state index in [1.807, 2.05) is 0 Å². The molecule has 18 heavy (non-hydrogen) atoms. The molecule has 102 valence electrons. The average molecular weight is 263 g/mol. The van der Waals surface area contributed by atoms with Crippen molar-refractivity contribution in [3.8, 4) is 0 Å². The Balaban J connectivity index is 2.87. The summed E-state index contributed by atoms with van der Waals surface area (Å²) < 4.78 is 37.6. The van der Waals surface area contributed by atoms with Gasteiger partial charge in [0.2, 0.25) is 0 Å². The number of nitrogens with one attached hydrogen (secondary N) is 1. The summed E-state index contributed by atoms with van der Waals surface area (Å²) in [5.74, 6) is -0.146. The summed E-state index contributed by atoms with van der Waals surface area (Å²) >= 11 is 0. The van der Waals surface area contributed by atoms with Gasteiger partial charge in [0, 0.05) is 6.04 Å². The van der Waals surface area contributed by atoms with E-state index in [1.54, 1.807) is 13.8 Å². The lowest BCUT2D eigenvalue weighted by atomic mass is 10.1. The highest BCUT2D eigenvalue weighted by molar-refractivity contribution is 5.47. The molecule has 0 radical (unpaired) electrons. The predicted octanol–water partition coefficient (Wildman–Crippen LogP) is 2.25. The first kappa shape index (κ1) is 14.6. The summed E-state index contributed by atoms with van der Waals surface area (Å²) in [6, 6.07) is 1.47. The number of nitrogen functional groups attached to an aromatic ring is 1. The second-order valence-corrected chi connectivity index (χ2v) is 4.29. The average Bonchev–Trinajstić information content (AvgIpc) is 2.13. The van der Waals surface area contributed by atoms with Crippen LogP contribution in [0.25, 0.3) is 0 Å². The maximum atomic E-state index is 12.5. The summed E-state index contributed by atoms with van der Waals surface area (Å²) in [6.45, 7) is 3.34. The van der Waals surface area contributed by atoms with Crippen molar-refractivity contribution in [1.29, 1.82) is 0 Å². The maximum absolute atomic E-state index is 12.5. The van der Waals surface area contributed by atoms with Crippen LogP contribution in [-0.4, -0.2) is 22.2 Å². The second kappa shape index (κ2) is 5.43. The lowest BCUT2D eigenvalue weighted by Gasteiger charge is -2.17. The molecule has 0 aliphatic rings. The van der Waals surface area contributed by atoms with Gasteiger partial charge in [-0.25, -0.2) is 4.98 Å². The molecule has 4 nitrogen and oxygen atoms in total. The fraction of sp³-hybridized carbons (Fsp3) is 0.545. The normalized spacial score (nSPS) is 15.2. The Morgan fingerprint density at radius 1 is 1.39 bits per heavy atom. The van der Waals surface area contributed by atoms with Gasteiger partial charge in [-0.2, -0.15) is 13.2 Å². The minimum atomic E-state index is -4.46. The summed E-state index contributed by atoms with van der Waals surface area (Å²) in [7, 11) is 0. The third-order valence-corrected chi connectivity index (χ3v) is 2.26. The molecule has 4 N–H and O–H groups in total. The predicted molar refractivity (Wildman–Crippen MR) is 63.0 cm³/mol. The van der Waals surface area contributed by atoms with Crippen molar-refractivity contribution in [2.45, 2.75) is 38.6 Å². The Morgan fingerprint density at radius 2 is 2.00 bits per heavy atom. The Bertz CT molecular complexity index is 407. The van der Waals surface area contributed by atoms with Gasteiger partial charge in [0.15, 0.2) is 0 Å².